The SMILES string of the molecule is CC(C)C(=O)C1CCC(OC2CCC(C(=O)O)CC2)CC1. The molecule has 4 nitrogen and oxygen atoms in total. The summed E-state index contributed by atoms with van der Waals surface area (Å²) in [5.41, 5.74) is 0. The van der Waals surface area contributed by atoms with Gasteiger partial charge in [-0.1, -0.05) is 13.8 Å². The summed E-state index contributed by atoms with van der Waals surface area (Å²) in [7, 11) is 0. The van der Waals surface area contributed by atoms with Crippen molar-refractivity contribution in [1.82, 2.24) is 0 Å². The van der Waals surface area contributed by atoms with Gasteiger partial charge in [0, 0.05) is 11.8 Å². The minimum Gasteiger partial charge on any atom is -0.481 e. The quantitative estimate of drug-likeness (QED) is 0.844. The third-order valence-corrected chi connectivity index (χ3v) is 5.05. The molecule has 0 aromatic rings. The van der Waals surface area contributed by atoms with Crippen molar-refractivity contribution in [2.45, 2.75) is 77.4 Å². The molecule has 0 aromatic carbocycles. The largest absolute Gasteiger partial charge is 0.481 e. The highest BCUT2D eigenvalue weighted by Crippen LogP contribution is 2.33. The molecule has 0 unspecified atom stereocenters. The number of carbonyl (C=O) groups is 2. The lowest BCUT2D eigenvalue weighted by Crippen LogP contribution is -2.33. The molecule has 21 heavy (non-hydrogen) atoms. The normalized spacial score (nSPS) is 33.9. The van der Waals surface area contributed by atoms with Gasteiger partial charge in [-0.3, -0.25) is 9.59 Å². The van der Waals surface area contributed by atoms with Crippen LogP contribution in [0.5, 0.6) is 0 Å². The number of Topliss-reactive ketones (excluding diaryl/α,β-unsaturated/α-hetero) is 1. The van der Waals surface area contributed by atoms with E-state index < -0.39 is 5.97 Å². The van der Waals surface area contributed by atoms with Gasteiger partial charge in [-0.05, 0) is 51.4 Å². The summed E-state index contributed by atoms with van der Waals surface area (Å²) in [5, 5.41) is 9.00. The molecule has 0 atom stereocenters. The minimum atomic E-state index is -0.666. The Morgan fingerprint density at radius 3 is 1.67 bits per heavy atom. The maximum Gasteiger partial charge on any atom is 0.306 e. The van der Waals surface area contributed by atoms with E-state index in [2.05, 4.69) is 0 Å². The van der Waals surface area contributed by atoms with Crippen molar-refractivity contribution in [1.29, 1.82) is 0 Å². The number of carbonyl (C=O) groups excluding carboxylic acids is 1. The molecule has 4 heteroatoms. The van der Waals surface area contributed by atoms with Crippen LogP contribution in [0.3, 0.4) is 0 Å². The summed E-state index contributed by atoms with van der Waals surface area (Å²) in [6.45, 7) is 3.96. The van der Waals surface area contributed by atoms with Gasteiger partial charge in [-0.2, -0.15) is 0 Å². The van der Waals surface area contributed by atoms with Crippen molar-refractivity contribution in [3.05, 3.63) is 0 Å². The Morgan fingerprint density at radius 1 is 0.857 bits per heavy atom. The molecule has 0 bridgehead atoms. The van der Waals surface area contributed by atoms with E-state index >= 15 is 0 Å². The maximum atomic E-state index is 12.0. The van der Waals surface area contributed by atoms with E-state index in [-0.39, 0.29) is 30.0 Å². The first-order chi connectivity index (χ1) is 9.97. The predicted molar refractivity (Wildman–Crippen MR) is 80.1 cm³/mol. The summed E-state index contributed by atoms with van der Waals surface area (Å²) in [4.78, 5) is 22.9. The molecular weight excluding hydrogens is 268 g/mol. The minimum absolute atomic E-state index is 0.138. The summed E-state index contributed by atoms with van der Waals surface area (Å²) >= 11 is 0. The molecular formula is C17H28O4. The summed E-state index contributed by atoms with van der Waals surface area (Å²) in [6, 6.07) is 0. The zero-order valence-electron chi connectivity index (χ0n) is 13.2. The molecule has 0 saturated heterocycles. The van der Waals surface area contributed by atoms with E-state index in [1.807, 2.05) is 13.8 Å². The van der Waals surface area contributed by atoms with Gasteiger partial charge in [0.05, 0.1) is 18.1 Å². The van der Waals surface area contributed by atoms with E-state index in [9.17, 15) is 9.59 Å². The zero-order chi connectivity index (χ0) is 15.4. The highest BCUT2D eigenvalue weighted by Gasteiger charge is 2.31. The number of hydrogen-bond acceptors (Lipinski definition) is 3. The van der Waals surface area contributed by atoms with Gasteiger partial charge in [0.2, 0.25) is 0 Å². The van der Waals surface area contributed by atoms with Gasteiger partial charge in [0.1, 0.15) is 5.78 Å². The molecule has 2 saturated carbocycles. The van der Waals surface area contributed by atoms with E-state index in [1.165, 1.54) is 0 Å². The van der Waals surface area contributed by atoms with Crippen molar-refractivity contribution >= 4 is 11.8 Å². The van der Waals surface area contributed by atoms with Crippen molar-refractivity contribution in [3.8, 4) is 0 Å². The Balaban J connectivity index is 1.70. The smallest absolute Gasteiger partial charge is 0.306 e. The summed E-state index contributed by atoms with van der Waals surface area (Å²) < 4.78 is 6.14. The van der Waals surface area contributed by atoms with Gasteiger partial charge < -0.3 is 9.84 Å². The second-order valence-corrected chi connectivity index (χ2v) is 6.98. The van der Waals surface area contributed by atoms with Crippen molar-refractivity contribution in [2.75, 3.05) is 0 Å². The zero-order valence-corrected chi connectivity index (χ0v) is 13.2. The molecule has 0 spiro atoms. The highest BCUT2D eigenvalue weighted by atomic mass is 16.5. The molecule has 0 aliphatic heterocycles. The lowest BCUT2D eigenvalue weighted by molar-refractivity contribution is -0.144. The first kappa shape index (κ1) is 16.5. The molecule has 2 aliphatic rings. The fourth-order valence-electron chi connectivity index (χ4n) is 3.67. The first-order valence-electron chi connectivity index (χ1n) is 8.39. The fraction of sp³-hybridized carbons (Fsp3) is 0.882. The van der Waals surface area contributed by atoms with Crippen LogP contribution in [0.1, 0.15) is 65.2 Å². The lowest BCUT2D eigenvalue weighted by Gasteiger charge is -2.34. The Bertz CT molecular complexity index is 361. The summed E-state index contributed by atoms with van der Waals surface area (Å²) in [6.07, 6.45) is 7.55. The molecule has 0 heterocycles. The van der Waals surface area contributed by atoms with Crippen LogP contribution in [0.25, 0.3) is 0 Å². The van der Waals surface area contributed by atoms with Gasteiger partial charge in [0.15, 0.2) is 0 Å². The Hall–Kier alpha value is -0.900. The van der Waals surface area contributed by atoms with Crippen LogP contribution in [0.15, 0.2) is 0 Å². The van der Waals surface area contributed by atoms with E-state index in [0.29, 0.717) is 5.78 Å². The van der Waals surface area contributed by atoms with Crippen LogP contribution in [-0.2, 0) is 14.3 Å². The number of hydrogen-bond donors (Lipinski definition) is 1. The van der Waals surface area contributed by atoms with Gasteiger partial charge in [-0.25, -0.2) is 0 Å². The average molecular weight is 296 g/mol. The third kappa shape index (κ3) is 4.53. The molecule has 0 radical (unpaired) electrons. The molecule has 2 fully saturated rings. The van der Waals surface area contributed by atoms with Gasteiger partial charge >= 0.3 is 5.97 Å². The molecule has 120 valence electrons. The number of carboxylic acid groups (broad SMARTS) is 1. The molecule has 0 amide bonds. The number of ether oxygens (including phenoxy) is 1. The average Bonchev–Trinajstić information content (AvgIpc) is 2.47. The summed E-state index contributed by atoms with van der Waals surface area (Å²) in [5.74, 6) is -0.0767. The van der Waals surface area contributed by atoms with Crippen molar-refractivity contribution < 1.29 is 19.4 Å². The molecule has 0 aromatic heterocycles. The van der Waals surface area contributed by atoms with Gasteiger partial charge in [-0.15, -0.1) is 0 Å². The number of rotatable bonds is 5. The predicted octanol–water partition coefficient (Wildman–Crippen LogP) is 3.43. The second-order valence-electron chi connectivity index (χ2n) is 6.98. The van der Waals surface area contributed by atoms with Gasteiger partial charge in [0.25, 0.3) is 0 Å². The van der Waals surface area contributed by atoms with Crippen LogP contribution in [0.2, 0.25) is 0 Å². The Kier molecular flexibility index (Phi) is 5.80. The number of aliphatic carboxylic acids is 1. The highest BCUT2D eigenvalue weighted by molar-refractivity contribution is 5.82. The van der Waals surface area contributed by atoms with Crippen molar-refractivity contribution in [3.63, 3.8) is 0 Å². The molecule has 1 N–H and O–H groups in total. The standard InChI is InChI=1S/C17H28O4/c1-11(2)16(18)12-3-7-14(8-4-12)21-15-9-5-13(6-10-15)17(19)20/h11-15H,3-10H2,1-2H3,(H,19,20). The third-order valence-electron chi connectivity index (χ3n) is 5.05. The number of carboxylic acids is 1. The van der Waals surface area contributed by atoms with Crippen LogP contribution in [-0.4, -0.2) is 29.1 Å². The first-order valence-corrected chi connectivity index (χ1v) is 8.39. The van der Waals surface area contributed by atoms with E-state index in [0.717, 1.165) is 51.4 Å². The van der Waals surface area contributed by atoms with E-state index in [4.69, 9.17) is 9.84 Å². The number of ketones is 1. The molecule has 2 aliphatic carbocycles. The second kappa shape index (κ2) is 7.39. The fourth-order valence-corrected chi connectivity index (χ4v) is 3.67. The van der Waals surface area contributed by atoms with E-state index in [1.54, 1.807) is 0 Å². The maximum absolute atomic E-state index is 12.0. The van der Waals surface area contributed by atoms with Crippen LogP contribution < -0.4 is 0 Å². The molecule has 2 rings (SSSR count). The lowest BCUT2D eigenvalue weighted by atomic mass is 9.81. The van der Waals surface area contributed by atoms with Crippen LogP contribution >= 0.6 is 0 Å². The topological polar surface area (TPSA) is 63.6 Å². The Morgan fingerprint density at radius 2 is 1.29 bits per heavy atom. The monoisotopic (exact) mass is 296 g/mol. The van der Waals surface area contributed by atoms with Crippen LogP contribution in [0, 0.1) is 17.8 Å². The van der Waals surface area contributed by atoms with Crippen LogP contribution in [0.4, 0.5) is 0 Å². The Labute approximate surface area is 127 Å². The van der Waals surface area contributed by atoms with Crippen molar-refractivity contribution in [2.24, 2.45) is 17.8 Å².